The molecule has 0 radical (unpaired) electrons. The number of hydrogen-bond donors (Lipinski definition) is 2. The van der Waals surface area contributed by atoms with Crippen LogP contribution in [0, 0.1) is 0 Å². The minimum atomic E-state index is -0.336. The summed E-state index contributed by atoms with van der Waals surface area (Å²) >= 11 is 0. The largest absolute Gasteiger partial charge is 0.494 e. The highest BCUT2D eigenvalue weighted by atomic mass is 16.5. The number of benzene rings is 1. The number of amides is 1. The minimum Gasteiger partial charge on any atom is -0.494 e. The average molecular weight is 294 g/mol. The predicted molar refractivity (Wildman–Crippen MR) is 79.3 cm³/mol. The van der Waals surface area contributed by atoms with Crippen molar-refractivity contribution in [1.82, 2.24) is 4.90 Å². The van der Waals surface area contributed by atoms with Gasteiger partial charge in [-0.3, -0.25) is 4.79 Å². The lowest BCUT2D eigenvalue weighted by atomic mass is 10.1. The van der Waals surface area contributed by atoms with Gasteiger partial charge in [-0.1, -0.05) is 0 Å². The molecule has 1 aromatic rings. The summed E-state index contributed by atoms with van der Waals surface area (Å²) in [6.07, 6.45) is -0.336. The molecule has 1 amide bonds. The van der Waals surface area contributed by atoms with Gasteiger partial charge in [-0.15, -0.1) is 0 Å². The third-order valence-electron chi connectivity index (χ3n) is 3.46. The number of nitrogens with zero attached hydrogens (tertiary/aromatic N) is 1. The molecule has 0 aliphatic carbocycles. The highest BCUT2D eigenvalue weighted by Gasteiger charge is 2.30. The number of hydrogen-bond acceptors (Lipinski definition) is 5. The molecule has 21 heavy (non-hydrogen) atoms. The molecule has 2 unspecified atom stereocenters. The van der Waals surface area contributed by atoms with E-state index in [4.69, 9.17) is 15.2 Å². The summed E-state index contributed by atoms with van der Waals surface area (Å²) in [5.74, 6) is 0.456. The number of aliphatic hydroxyl groups is 1. The van der Waals surface area contributed by atoms with E-state index in [-0.39, 0.29) is 24.7 Å². The highest BCUT2D eigenvalue weighted by Crippen LogP contribution is 2.22. The van der Waals surface area contributed by atoms with Crippen LogP contribution >= 0.6 is 0 Å². The summed E-state index contributed by atoms with van der Waals surface area (Å²) in [7, 11) is 0. The van der Waals surface area contributed by atoms with E-state index in [2.05, 4.69) is 0 Å². The van der Waals surface area contributed by atoms with E-state index < -0.39 is 0 Å². The fourth-order valence-electron chi connectivity index (χ4n) is 2.37. The van der Waals surface area contributed by atoms with Gasteiger partial charge in [0, 0.05) is 23.9 Å². The molecular weight excluding hydrogens is 272 g/mol. The van der Waals surface area contributed by atoms with Crippen LogP contribution in [0.15, 0.2) is 18.2 Å². The van der Waals surface area contributed by atoms with Crippen LogP contribution in [0.1, 0.15) is 24.2 Å². The van der Waals surface area contributed by atoms with E-state index in [0.29, 0.717) is 36.8 Å². The number of nitrogens with two attached hydrogens (primary N) is 1. The number of ether oxygens (including phenoxy) is 2. The van der Waals surface area contributed by atoms with Gasteiger partial charge in [0.15, 0.2) is 0 Å². The van der Waals surface area contributed by atoms with E-state index in [1.807, 2.05) is 13.8 Å². The normalized spacial score (nSPS) is 22.1. The van der Waals surface area contributed by atoms with Crippen molar-refractivity contribution in [3.63, 3.8) is 0 Å². The first-order valence-corrected chi connectivity index (χ1v) is 7.12. The lowest BCUT2D eigenvalue weighted by Crippen LogP contribution is -2.52. The van der Waals surface area contributed by atoms with Gasteiger partial charge in [-0.25, -0.2) is 0 Å². The second-order valence-electron chi connectivity index (χ2n) is 5.17. The summed E-state index contributed by atoms with van der Waals surface area (Å²) in [6, 6.07) is 4.98. The summed E-state index contributed by atoms with van der Waals surface area (Å²) < 4.78 is 10.9. The number of carbonyl (C=O) groups is 1. The van der Waals surface area contributed by atoms with Crippen molar-refractivity contribution in [2.75, 3.05) is 32.1 Å². The lowest BCUT2D eigenvalue weighted by Gasteiger charge is -2.37. The molecule has 1 aliphatic heterocycles. The van der Waals surface area contributed by atoms with Gasteiger partial charge in [-0.2, -0.15) is 0 Å². The molecule has 6 nitrogen and oxygen atoms in total. The molecule has 1 fully saturated rings. The van der Waals surface area contributed by atoms with Crippen molar-refractivity contribution in [3.8, 4) is 5.75 Å². The zero-order valence-corrected chi connectivity index (χ0v) is 12.4. The maximum atomic E-state index is 12.7. The lowest BCUT2D eigenvalue weighted by molar-refractivity contribution is -0.0667. The Bertz CT molecular complexity index is 506. The molecule has 6 heteroatoms. The summed E-state index contributed by atoms with van der Waals surface area (Å²) in [6.45, 7) is 4.99. The molecule has 2 atom stereocenters. The Kier molecular flexibility index (Phi) is 5.03. The fraction of sp³-hybridized carbons (Fsp3) is 0.533. The average Bonchev–Trinajstić information content (AvgIpc) is 2.47. The van der Waals surface area contributed by atoms with Gasteiger partial charge in [0.25, 0.3) is 5.91 Å². The quantitative estimate of drug-likeness (QED) is 0.806. The molecule has 0 bridgehead atoms. The molecular formula is C15H22N2O4. The van der Waals surface area contributed by atoms with Crippen LogP contribution in [0.5, 0.6) is 5.75 Å². The maximum absolute atomic E-state index is 12.7. The third kappa shape index (κ3) is 3.65. The molecule has 0 saturated carbocycles. The van der Waals surface area contributed by atoms with Gasteiger partial charge in [-0.05, 0) is 26.0 Å². The summed E-state index contributed by atoms with van der Waals surface area (Å²) in [5, 5.41) is 9.20. The van der Waals surface area contributed by atoms with Crippen molar-refractivity contribution < 1.29 is 19.4 Å². The molecule has 116 valence electrons. The Morgan fingerprint density at radius 1 is 1.52 bits per heavy atom. The summed E-state index contributed by atoms with van der Waals surface area (Å²) in [5.41, 5.74) is 6.81. The van der Waals surface area contributed by atoms with E-state index in [1.54, 1.807) is 23.1 Å². The van der Waals surface area contributed by atoms with Crippen LogP contribution in [0.4, 0.5) is 5.69 Å². The number of anilines is 1. The van der Waals surface area contributed by atoms with Crippen LogP contribution in [0.3, 0.4) is 0 Å². The Labute approximate surface area is 124 Å². The molecule has 3 N–H and O–H groups in total. The van der Waals surface area contributed by atoms with Gasteiger partial charge >= 0.3 is 0 Å². The molecule has 1 saturated heterocycles. The van der Waals surface area contributed by atoms with E-state index in [1.165, 1.54) is 0 Å². The molecule has 0 spiro atoms. The Morgan fingerprint density at radius 2 is 2.29 bits per heavy atom. The molecule has 1 aliphatic rings. The topological polar surface area (TPSA) is 85.0 Å². The zero-order valence-electron chi connectivity index (χ0n) is 12.4. The van der Waals surface area contributed by atoms with E-state index in [9.17, 15) is 9.90 Å². The molecule has 1 heterocycles. The Balaban J connectivity index is 2.21. The van der Waals surface area contributed by atoms with Crippen molar-refractivity contribution in [2.45, 2.75) is 26.0 Å². The second-order valence-corrected chi connectivity index (χ2v) is 5.17. The van der Waals surface area contributed by atoms with Crippen molar-refractivity contribution >= 4 is 11.6 Å². The molecule has 1 aromatic carbocycles. The number of nitrogen functional groups attached to an aromatic ring is 1. The Hall–Kier alpha value is -1.79. The van der Waals surface area contributed by atoms with Crippen LogP contribution in [0.2, 0.25) is 0 Å². The zero-order chi connectivity index (χ0) is 15.4. The third-order valence-corrected chi connectivity index (χ3v) is 3.46. The fourth-order valence-corrected chi connectivity index (χ4v) is 2.37. The van der Waals surface area contributed by atoms with Gasteiger partial charge in [0.05, 0.1) is 32.0 Å². The van der Waals surface area contributed by atoms with Crippen molar-refractivity contribution in [3.05, 3.63) is 23.8 Å². The Morgan fingerprint density at radius 3 is 2.95 bits per heavy atom. The maximum Gasteiger partial charge on any atom is 0.254 e. The number of carbonyl (C=O) groups excluding carboxylic acids is 1. The smallest absolute Gasteiger partial charge is 0.254 e. The minimum absolute atomic E-state index is 0.0442. The van der Waals surface area contributed by atoms with Crippen molar-refractivity contribution in [1.29, 1.82) is 0 Å². The first-order chi connectivity index (χ1) is 10.0. The first-order valence-electron chi connectivity index (χ1n) is 7.12. The summed E-state index contributed by atoms with van der Waals surface area (Å²) in [4.78, 5) is 14.4. The molecule has 0 aromatic heterocycles. The van der Waals surface area contributed by atoms with Crippen LogP contribution in [-0.2, 0) is 4.74 Å². The predicted octanol–water partition coefficient (Wildman–Crippen LogP) is 0.889. The second kappa shape index (κ2) is 6.78. The number of morpholine rings is 1. The van der Waals surface area contributed by atoms with Crippen LogP contribution < -0.4 is 10.5 Å². The van der Waals surface area contributed by atoms with Gasteiger partial charge in [0.2, 0.25) is 0 Å². The van der Waals surface area contributed by atoms with Gasteiger partial charge < -0.3 is 25.2 Å². The standard InChI is InChI=1S/C15H22N2O4/c1-3-20-13-5-11(4-12(16)6-13)15(19)17-7-14(8-18)21-9-10(17)2/h4-6,10,14,18H,3,7-9,16H2,1-2H3. The van der Waals surface area contributed by atoms with Crippen LogP contribution in [0.25, 0.3) is 0 Å². The molecule has 2 rings (SSSR count). The van der Waals surface area contributed by atoms with Crippen LogP contribution in [-0.4, -0.2) is 54.4 Å². The first kappa shape index (κ1) is 15.6. The van der Waals surface area contributed by atoms with E-state index in [0.717, 1.165) is 0 Å². The van der Waals surface area contributed by atoms with Crippen molar-refractivity contribution in [2.24, 2.45) is 0 Å². The van der Waals surface area contributed by atoms with E-state index >= 15 is 0 Å². The number of rotatable bonds is 4. The monoisotopic (exact) mass is 294 g/mol. The van der Waals surface area contributed by atoms with Gasteiger partial charge in [0.1, 0.15) is 5.75 Å². The highest BCUT2D eigenvalue weighted by molar-refractivity contribution is 5.95. The SMILES string of the molecule is CCOc1cc(N)cc(C(=O)N2CC(CO)OCC2C)c1. The number of aliphatic hydroxyl groups excluding tert-OH is 1.